The van der Waals surface area contributed by atoms with E-state index in [0.29, 0.717) is 31.0 Å². The van der Waals surface area contributed by atoms with E-state index in [-0.39, 0.29) is 12.2 Å². The fourth-order valence-corrected chi connectivity index (χ4v) is 5.03. The third-order valence-electron chi connectivity index (χ3n) is 5.43. The molecule has 4 aromatic rings. The third-order valence-corrected chi connectivity index (χ3v) is 6.69. The highest BCUT2D eigenvalue weighted by Gasteiger charge is 2.24. The molecule has 1 aliphatic rings. The van der Waals surface area contributed by atoms with E-state index in [4.69, 9.17) is 4.74 Å². The molecule has 0 saturated heterocycles. The fraction of sp³-hybridized carbons (Fsp3) is 0.174. The summed E-state index contributed by atoms with van der Waals surface area (Å²) in [7, 11) is 0. The minimum Gasteiger partial charge on any atom is -0.487 e. The third kappa shape index (κ3) is 3.82. The van der Waals surface area contributed by atoms with Crippen LogP contribution in [-0.2, 0) is 19.6 Å². The first-order chi connectivity index (χ1) is 15.5. The number of nitrogens with zero attached hydrogens (tertiary/aromatic N) is 3. The lowest BCUT2D eigenvalue weighted by molar-refractivity contribution is 0.140. The number of halogens is 1. The minimum absolute atomic E-state index is 0.129. The average Bonchev–Trinajstić information content (AvgIpc) is 3.15. The lowest BCUT2D eigenvalue weighted by atomic mass is 10.0. The van der Waals surface area contributed by atoms with E-state index < -0.39 is 11.9 Å². The smallest absolute Gasteiger partial charge is 0.407 e. The molecule has 0 unspecified atom stereocenters. The SMILES string of the molecule is O=C(O)N1CCc2sc3cc(-n4ccc(OCc5ccc(F)cn5)cc4=O)ccc3c2C1. The number of hydrogen-bond donors (Lipinski definition) is 1. The Hall–Kier alpha value is -3.72. The van der Waals surface area contributed by atoms with Crippen LogP contribution in [-0.4, -0.2) is 32.2 Å². The van der Waals surface area contributed by atoms with Gasteiger partial charge in [0, 0.05) is 28.4 Å². The molecule has 0 saturated carbocycles. The zero-order chi connectivity index (χ0) is 22.2. The first kappa shape index (κ1) is 20.2. The van der Waals surface area contributed by atoms with Gasteiger partial charge in [-0.1, -0.05) is 6.07 Å². The van der Waals surface area contributed by atoms with Gasteiger partial charge in [0.05, 0.1) is 24.1 Å². The number of carbonyl (C=O) groups is 1. The number of thiophene rings is 1. The fourth-order valence-electron chi connectivity index (χ4n) is 3.80. The molecule has 162 valence electrons. The number of ether oxygens (including phenoxy) is 1. The summed E-state index contributed by atoms with van der Waals surface area (Å²) in [6.07, 6.45) is 2.56. The Morgan fingerprint density at radius 1 is 1.22 bits per heavy atom. The van der Waals surface area contributed by atoms with Crippen molar-refractivity contribution in [2.75, 3.05) is 6.54 Å². The van der Waals surface area contributed by atoms with E-state index in [1.807, 2.05) is 18.2 Å². The summed E-state index contributed by atoms with van der Waals surface area (Å²) in [6.45, 7) is 1.01. The maximum atomic E-state index is 12.9. The topological polar surface area (TPSA) is 84.7 Å². The maximum Gasteiger partial charge on any atom is 0.407 e. The van der Waals surface area contributed by atoms with Gasteiger partial charge < -0.3 is 14.7 Å². The lowest BCUT2D eigenvalue weighted by Crippen LogP contribution is -2.34. The maximum absolute atomic E-state index is 12.9. The molecule has 1 N–H and O–H groups in total. The Labute approximate surface area is 185 Å². The molecule has 0 aliphatic carbocycles. The van der Waals surface area contributed by atoms with Crippen LogP contribution in [0.3, 0.4) is 0 Å². The van der Waals surface area contributed by atoms with Crippen molar-refractivity contribution in [2.24, 2.45) is 0 Å². The summed E-state index contributed by atoms with van der Waals surface area (Å²) in [4.78, 5) is 30.6. The molecule has 5 rings (SSSR count). The van der Waals surface area contributed by atoms with Crippen LogP contribution in [0.25, 0.3) is 15.8 Å². The van der Waals surface area contributed by atoms with Crippen LogP contribution in [0.2, 0.25) is 0 Å². The zero-order valence-corrected chi connectivity index (χ0v) is 17.6. The number of rotatable bonds is 4. The normalized spacial score (nSPS) is 13.2. The Morgan fingerprint density at radius 2 is 2.09 bits per heavy atom. The van der Waals surface area contributed by atoms with Gasteiger partial charge in [0.1, 0.15) is 18.2 Å². The van der Waals surface area contributed by atoms with Crippen LogP contribution in [0.1, 0.15) is 16.1 Å². The molecule has 4 heterocycles. The Morgan fingerprint density at radius 3 is 2.84 bits per heavy atom. The van der Waals surface area contributed by atoms with E-state index in [1.54, 1.807) is 23.6 Å². The minimum atomic E-state index is -0.907. The van der Waals surface area contributed by atoms with Crippen molar-refractivity contribution in [2.45, 2.75) is 19.6 Å². The summed E-state index contributed by atoms with van der Waals surface area (Å²) in [5.41, 5.74) is 2.09. The standard InChI is InChI=1S/C23H18FN3O4S/c24-14-1-2-15(25-11-14)13-31-17-5-8-27(22(28)10-17)16-3-4-18-19-12-26(23(29)30)7-6-20(19)32-21(18)9-16/h1-5,8-11H,6-7,12-13H2,(H,29,30). The van der Waals surface area contributed by atoms with E-state index in [1.165, 1.54) is 32.5 Å². The summed E-state index contributed by atoms with van der Waals surface area (Å²) >= 11 is 1.64. The highest BCUT2D eigenvalue weighted by Crippen LogP contribution is 2.36. The summed E-state index contributed by atoms with van der Waals surface area (Å²) < 4.78 is 21.1. The molecule has 3 aromatic heterocycles. The second-order valence-corrected chi connectivity index (χ2v) is 8.60. The summed E-state index contributed by atoms with van der Waals surface area (Å²) in [6, 6.07) is 11.7. The summed E-state index contributed by atoms with van der Waals surface area (Å²) in [5, 5.41) is 10.3. The molecule has 1 aliphatic heterocycles. The predicted molar refractivity (Wildman–Crippen MR) is 118 cm³/mol. The first-order valence-electron chi connectivity index (χ1n) is 9.96. The quantitative estimate of drug-likeness (QED) is 0.503. The van der Waals surface area contributed by atoms with Crippen LogP contribution in [0.15, 0.2) is 59.7 Å². The molecule has 0 radical (unpaired) electrons. The molecule has 0 bridgehead atoms. The summed E-state index contributed by atoms with van der Waals surface area (Å²) in [5.74, 6) is -0.0158. The van der Waals surface area contributed by atoms with Gasteiger partial charge in [-0.3, -0.25) is 14.3 Å². The highest BCUT2D eigenvalue weighted by atomic mass is 32.1. The molecule has 0 spiro atoms. The van der Waals surface area contributed by atoms with Gasteiger partial charge in [0.15, 0.2) is 0 Å². The largest absolute Gasteiger partial charge is 0.487 e. The van der Waals surface area contributed by atoms with Crippen molar-refractivity contribution in [3.05, 3.63) is 87.2 Å². The molecule has 32 heavy (non-hydrogen) atoms. The van der Waals surface area contributed by atoms with Gasteiger partial charge in [-0.25, -0.2) is 9.18 Å². The van der Waals surface area contributed by atoms with E-state index in [0.717, 1.165) is 27.5 Å². The number of carboxylic acid groups (broad SMARTS) is 1. The van der Waals surface area contributed by atoms with E-state index in [9.17, 15) is 19.1 Å². The zero-order valence-electron chi connectivity index (χ0n) is 16.8. The number of hydrogen-bond acceptors (Lipinski definition) is 5. The van der Waals surface area contributed by atoms with Crippen molar-refractivity contribution < 1.29 is 19.0 Å². The van der Waals surface area contributed by atoms with Crippen LogP contribution in [0.4, 0.5) is 9.18 Å². The van der Waals surface area contributed by atoms with Gasteiger partial charge >= 0.3 is 6.09 Å². The lowest BCUT2D eigenvalue weighted by Gasteiger charge is -2.24. The van der Waals surface area contributed by atoms with Gasteiger partial charge in [-0.05, 0) is 47.7 Å². The second-order valence-electron chi connectivity index (χ2n) is 7.47. The Kier molecular flexibility index (Phi) is 5.10. The van der Waals surface area contributed by atoms with Crippen molar-refractivity contribution in [1.82, 2.24) is 14.5 Å². The average molecular weight is 451 g/mol. The van der Waals surface area contributed by atoms with Gasteiger partial charge in [0.2, 0.25) is 0 Å². The molecular formula is C23H18FN3O4S. The number of aromatic nitrogens is 2. The van der Waals surface area contributed by atoms with Crippen molar-refractivity contribution in [3.8, 4) is 11.4 Å². The Bertz CT molecular complexity index is 1380. The molecule has 1 aromatic carbocycles. The van der Waals surface area contributed by atoms with Gasteiger partial charge in [-0.15, -0.1) is 11.3 Å². The molecule has 0 fully saturated rings. The number of fused-ring (bicyclic) bond motifs is 3. The molecular weight excluding hydrogens is 433 g/mol. The highest BCUT2D eigenvalue weighted by molar-refractivity contribution is 7.19. The van der Waals surface area contributed by atoms with Crippen molar-refractivity contribution in [3.63, 3.8) is 0 Å². The second kappa shape index (κ2) is 8.08. The number of amides is 1. The van der Waals surface area contributed by atoms with Crippen molar-refractivity contribution >= 4 is 27.5 Å². The van der Waals surface area contributed by atoms with Crippen LogP contribution < -0.4 is 10.3 Å². The Balaban J connectivity index is 1.38. The number of pyridine rings is 2. The van der Waals surface area contributed by atoms with Crippen LogP contribution >= 0.6 is 11.3 Å². The molecule has 7 nitrogen and oxygen atoms in total. The van der Waals surface area contributed by atoms with Crippen LogP contribution in [0.5, 0.6) is 5.75 Å². The van der Waals surface area contributed by atoms with E-state index >= 15 is 0 Å². The van der Waals surface area contributed by atoms with Crippen LogP contribution in [0, 0.1) is 5.82 Å². The van der Waals surface area contributed by atoms with Gasteiger partial charge in [0.25, 0.3) is 5.56 Å². The molecule has 0 atom stereocenters. The molecule has 9 heteroatoms. The van der Waals surface area contributed by atoms with Gasteiger partial charge in [-0.2, -0.15) is 0 Å². The molecule has 1 amide bonds. The monoisotopic (exact) mass is 451 g/mol. The first-order valence-corrected chi connectivity index (χ1v) is 10.8. The predicted octanol–water partition coefficient (Wildman–Crippen LogP) is 4.20. The van der Waals surface area contributed by atoms with Crippen molar-refractivity contribution in [1.29, 1.82) is 0 Å². The van der Waals surface area contributed by atoms with E-state index in [2.05, 4.69) is 4.98 Å². The number of benzene rings is 1.